The van der Waals surface area contributed by atoms with E-state index in [4.69, 9.17) is 0 Å². The van der Waals surface area contributed by atoms with Crippen molar-refractivity contribution in [2.75, 3.05) is 0 Å². The first-order valence-electron chi connectivity index (χ1n) is 5.26. The van der Waals surface area contributed by atoms with Gasteiger partial charge in [0, 0.05) is 10.3 Å². The van der Waals surface area contributed by atoms with Gasteiger partial charge >= 0.3 is 0 Å². The van der Waals surface area contributed by atoms with E-state index in [2.05, 4.69) is 4.98 Å². The lowest BCUT2D eigenvalue weighted by Crippen LogP contribution is -1.97. The maximum Gasteiger partial charge on any atom is 0.124 e. The van der Waals surface area contributed by atoms with Crippen LogP contribution in [0.1, 0.15) is 17.6 Å². The van der Waals surface area contributed by atoms with Crippen molar-refractivity contribution in [3.63, 3.8) is 0 Å². The van der Waals surface area contributed by atoms with Crippen molar-refractivity contribution in [2.24, 2.45) is 0 Å². The highest BCUT2D eigenvalue weighted by molar-refractivity contribution is 7.84. The van der Waals surface area contributed by atoms with Gasteiger partial charge in [-0.1, -0.05) is 13.0 Å². The Morgan fingerprint density at radius 2 is 2.29 bits per heavy atom. The Bertz CT molecular complexity index is 539. The normalized spacial score (nSPS) is 12.6. The molecule has 0 N–H and O–H groups in total. The molecule has 0 saturated heterocycles. The van der Waals surface area contributed by atoms with Gasteiger partial charge in [0.25, 0.3) is 0 Å². The molecule has 0 bridgehead atoms. The lowest BCUT2D eigenvalue weighted by molar-refractivity contribution is 0.622. The van der Waals surface area contributed by atoms with Gasteiger partial charge < -0.3 is 0 Å². The fraction of sp³-hybridized carbons (Fsp3) is 0.250. The Balaban J connectivity index is 2.11. The van der Waals surface area contributed by atoms with Crippen LogP contribution in [0.25, 0.3) is 0 Å². The van der Waals surface area contributed by atoms with Crippen LogP contribution in [0.3, 0.4) is 0 Å². The highest BCUT2D eigenvalue weighted by Crippen LogP contribution is 2.16. The molecule has 1 heterocycles. The number of hydrogen-bond acceptors (Lipinski definition) is 3. The van der Waals surface area contributed by atoms with Crippen molar-refractivity contribution in [1.29, 1.82) is 0 Å². The van der Waals surface area contributed by atoms with E-state index in [0.29, 0.717) is 10.6 Å². The molecule has 0 fully saturated rings. The first-order valence-corrected chi connectivity index (χ1v) is 7.46. The molecular weight excluding hydrogens is 257 g/mol. The summed E-state index contributed by atoms with van der Waals surface area (Å²) in [6.45, 7) is 2.03. The number of aromatic nitrogens is 1. The van der Waals surface area contributed by atoms with Gasteiger partial charge in [0.05, 0.1) is 27.3 Å². The van der Waals surface area contributed by atoms with Crippen LogP contribution in [0.15, 0.2) is 34.5 Å². The third-order valence-corrected chi connectivity index (χ3v) is 4.62. The standard InChI is InChI=1S/C12H12FNOS2/c1-2-12-14-10(7-16-12)8-17(15)11-5-3-4-9(13)6-11/h3-7H,2,8H2,1H3. The Morgan fingerprint density at radius 3 is 2.94 bits per heavy atom. The summed E-state index contributed by atoms with van der Waals surface area (Å²) in [6.07, 6.45) is 0.886. The fourth-order valence-electron chi connectivity index (χ4n) is 1.40. The van der Waals surface area contributed by atoms with Crippen molar-refractivity contribution in [3.8, 4) is 0 Å². The molecule has 90 valence electrons. The van der Waals surface area contributed by atoms with Crippen molar-refractivity contribution in [3.05, 3.63) is 46.2 Å². The highest BCUT2D eigenvalue weighted by atomic mass is 32.2. The number of aryl methyl sites for hydroxylation is 1. The molecule has 0 spiro atoms. The zero-order valence-corrected chi connectivity index (χ0v) is 11.0. The maximum absolute atomic E-state index is 13.0. The molecule has 2 aromatic rings. The first-order chi connectivity index (χ1) is 8.19. The van der Waals surface area contributed by atoms with E-state index < -0.39 is 10.8 Å². The molecule has 17 heavy (non-hydrogen) atoms. The van der Waals surface area contributed by atoms with Gasteiger partial charge in [-0.3, -0.25) is 4.21 Å². The predicted molar refractivity (Wildman–Crippen MR) is 68.0 cm³/mol. The lowest BCUT2D eigenvalue weighted by atomic mass is 10.4. The van der Waals surface area contributed by atoms with Gasteiger partial charge in [-0.15, -0.1) is 11.3 Å². The molecule has 0 aliphatic carbocycles. The number of benzene rings is 1. The fourth-order valence-corrected chi connectivity index (χ4v) is 3.31. The van der Waals surface area contributed by atoms with Gasteiger partial charge in [-0.05, 0) is 24.6 Å². The summed E-state index contributed by atoms with van der Waals surface area (Å²) < 4.78 is 24.9. The summed E-state index contributed by atoms with van der Waals surface area (Å²) in [5.74, 6) is -0.0108. The number of halogens is 1. The van der Waals surface area contributed by atoms with Crippen molar-refractivity contribution in [2.45, 2.75) is 24.0 Å². The molecule has 1 atom stereocenters. The molecule has 1 unspecified atom stereocenters. The number of thiazole rings is 1. The summed E-state index contributed by atoms with van der Waals surface area (Å²) in [4.78, 5) is 4.86. The Hall–Kier alpha value is -1.07. The first kappa shape index (κ1) is 12.4. The molecule has 1 aromatic heterocycles. The number of rotatable bonds is 4. The maximum atomic E-state index is 13.0. The van der Waals surface area contributed by atoms with Crippen LogP contribution in [0.4, 0.5) is 4.39 Å². The molecule has 2 nitrogen and oxygen atoms in total. The second kappa shape index (κ2) is 5.51. The molecule has 5 heteroatoms. The summed E-state index contributed by atoms with van der Waals surface area (Å²) in [5, 5.41) is 2.95. The summed E-state index contributed by atoms with van der Waals surface area (Å²) in [7, 11) is -1.23. The van der Waals surface area contributed by atoms with Crippen LogP contribution in [-0.2, 0) is 23.0 Å². The molecular formula is C12H12FNOS2. The van der Waals surface area contributed by atoms with Gasteiger partial charge in [-0.25, -0.2) is 9.37 Å². The third-order valence-electron chi connectivity index (χ3n) is 2.24. The Morgan fingerprint density at radius 1 is 1.47 bits per heavy atom. The van der Waals surface area contributed by atoms with Crippen LogP contribution in [0.2, 0.25) is 0 Å². The zero-order valence-electron chi connectivity index (χ0n) is 9.35. The van der Waals surface area contributed by atoms with E-state index >= 15 is 0 Å². The van der Waals surface area contributed by atoms with Crippen molar-refractivity contribution in [1.82, 2.24) is 4.98 Å². The quantitative estimate of drug-likeness (QED) is 0.853. The number of hydrogen-bond donors (Lipinski definition) is 0. The SMILES string of the molecule is CCc1nc(CS(=O)c2cccc(F)c2)cs1. The van der Waals surface area contributed by atoms with Crippen LogP contribution in [0.5, 0.6) is 0 Å². The summed E-state index contributed by atoms with van der Waals surface area (Å²) in [6, 6.07) is 5.90. The second-order valence-electron chi connectivity index (χ2n) is 3.53. The minimum atomic E-state index is -1.23. The average Bonchev–Trinajstić information content (AvgIpc) is 2.77. The van der Waals surface area contributed by atoms with Crippen molar-refractivity contribution < 1.29 is 8.60 Å². The molecule has 1 aromatic carbocycles. The van der Waals surface area contributed by atoms with Crippen LogP contribution in [-0.4, -0.2) is 9.19 Å². The van der Waals surface area contributed by atoms with Crippen molar-refractivity contribution >= 4 is 22.1 Å². The van der Waals surface area contributed by atoms with Crippen LogP contribution in [0, 0.1) is 5.82 Å². The highest BCUT2D eigenvalue weighted by Gasteiger charge is 2.08. The van der Waals surface area contributed by atoms with E-state index in [9.17, 15) is 8.60 Å². The van der Waals surface area contributed by atoms with Crippen LogP contribution < -0.4 is 0 Å². The Kier molecular flexibility index (Phi) is 4.02. The lowest BCUT2D eigenvalue weighted by Gasteiger charge is -2.00. The monoisotopic (exact) mass is 269 g/mol. The largest absolute Gasteiger partial charge is 0.254 e. The van der Waals surface area contributed by atoms with Gasteiger partial charge in [0.1, 0.15) is 5.82 Å². The Labute approximate surface area is 106 Å². The van der Waals surface area contributed by atoms with E-state index in [1.165, 1.54) is 12.1 Å². The molecule has 0 amide bonds. The average molecular weight is 269 g/mol. The minimum absolute atomic E-state index is 0.347. The summed E-state index contributed by atoms with van der Waals surface area (Å²) in [5.41, 5.74) is 0.814. The molecule has 0 aliphatic rings. The van der Waals surface area contributed by atoms with E-state index in [0.717, 1.165) is 17.1 Å². The number of nitrogens with zero attached hydrogens (tertiary/aromatic N) is 1. The van der Waals surface area contributed by atoms with Gasteiger partial charge in [-0.2, -0.15) is 0 Å². The van der Waals surface area contributed by atoms with E-state index in [1.54, 1.807) is 23.5 Å². The zero-order chi connectivity index (χ0) is 12.3. The topological polar surface area (TPSA) is 30.0 Å². The smallest absolute Gasteiger partial charge is 0.124 e. The molecule has 0 saturated carbocycles. The molecule has 2 rings (SSSR count). The second-order valence-corrected chi connectivity index (χ2v) is 5.93. The molecule has 0 radical (unpaired) electrons. The minimum Gasteiger partial charge on any atom is -0.254 e. The summed E-state index contributed by atoms with van der Waals surface area (Å²) >= 11 is 1.57. The van der Waals surface area contributed by atoms with Crippen LogP contribution >= 0.6 is 11.3 Å². The van der Waals surface area contributed by atoms with Gasteiger partial charge in [0.2, 0.25) is 0 Å². The van der Waals surface area contributed by atoms with E-state index in [1.807, 2.05) is 12.3 Å². The molecule has 0 aliphatic heterocycles. The van der Waals surface area contributed by atoms with Gasteiger partial charge in [0.15, 0.2) is 0 Å². The predicted octanol–water partition coefficient (Wildman–Crippen LogP) is 3.15. The third kappa shape index (κ3) is 3.20. The van der Waals surface area contributed by atoms with E-state index in [-0.39, 0.29) is 5.82 Å².